The molecule has 7 nitrogen and oxygen atoms in total. The van der Waals surface area contributed by atoms with E-state index in [1.807, 2.05) is 50.4 Å². The summed E-state index contributed by atoms with van der Waals surface area (Å²) in [6, 6.07) is 16.3. The third-order valence-corrected chi connectivity index (χ3v) is 5.00. The molecule has 2 N–H and O–H groups in total. The molecule has 0 unspecified atom stereocenters. The van der Waals surface area contributed by atoms with Crippen molar-refractivity contribution in [3.8, 4) is 17.1 Å². The second-order valence-electron chi connectivity index (χ2n) is 7.61. The lowest BCUT2D eigenvalue weighted by Gasteiger charge is -2.10. The first kappa shape index (κ1) is 22.3. The molecule has 2 aromatic heterocycles. The molecule has 0 spiro atoms. The molecule has 4 rings (SSSR count). The normalized spacial score (nSPS) is 11.5. The summed E-state index contributed by atoms with van der Waals surface area (Å²) in [6.07, 6.45) is 4.24. The van der Waals surface area contributed by atoms with Crippen molar-refractivity contribution < 1.29 is 8.81 Å². The van der Waals surface area contributed by atoms with E-state index in [1.165, 1.54) is 17.7 Å². The van der Waals surface area contributed by atoms with Gasteiger partial charge in [-0.2, -0.15) is 5.10 Å². The maximum Gasteiger partial charge on any atom is 0.226 e. The number of benzene rings is 2. The minimum absolute atomic E-state index is 0.262. The van der Waals surface area contributed by atoms with Crippen LogP contribution in [0.15, 0.2) is 76.5 Å². The number of hydrogen-bond donors (Lipinski definition) is 2. The largest absolute Gasteiger partial charge is 0.444 e. The van der Waals surface area contributed by atoms with E-state index in [0.717, 1.165) is 35.6 Å². The highest BCUT2D eigenvalue weighted by Gasteiger charge is 2.07. The molecule has 2 heterocycles. The van der Waals surface area contributed by atoms with Crippen molar-refractivity contribution in [2.24, 2.45) is 4.99 Å². The molecule has 0 atom stereocenters. The van der Waals surface area contributed by atoms with Gasteiger partial charge in [0.1, 0.15) is 17.8 Å². The first-order valence-electron chi connectivity index (χ1n) is 10.9. The zero-order valence-electron chi connectivity index (χ0n) is 18.8. The highest BCUT2D eigenvalue weighted by molar-refractivity contribution is 5.79. The number of hydrogen-bond acceptors (Lipinski definition) is 4. The van der Waals surface area contributed by atoms with Crippen molar-refractivity contribution in [3.05, 3.63) is 89.8 Å². The summed E-state index contributed by atoms with van der Waals surface area (Å²) >= 11 is 0. The lowest BCUT2D eigenvalue weighted by molar-refractivity contribution is 0.572. The van der Waals surface area contributed by atoms with Gasteiger partial charge in [-0.1, -0.05) is 17.7 Å². The second-order valence-corrected chi connectivity index (χ2v) is 7.61. The molecule has 33 heavy (non-hydrogen) atoms. The Bertz CT molecular complexity index is 1190. The van der Waals surface area contributed by atoms with Crippen LogP contribution >= 0.6 is 0 Å². The molecule has 0 radical (unpaired) electrons. The SMILES string of the molecule is CCNC(=NCc1coc(-c2ccc(C)cc2)n1)NCCc1ccn(-c2ccc(F)cc2)n1. The van der Waals surface area contributed by atoms with Gasteiger partial charge in [0.2, 0.25) is 5.89 Å². The minimum Gasteiger partial charge on any atom is -0.444 e. The smallest absolute Gasteiger partial charge is 0.226 e. The molecule has 2 aromatic carbocycles. The predicted molar refractivity (Wildman–Crippen MR) is 127 cm³/mol. The lowest BCUT2D eigenvalue weighted by atomic mass is 10.1. The van der Waals surface area contributed by atoms with Crippen LogP contribution in [0.4, 0.5) is 4.39 Å². The number of nitrogens with zero attached hydrogens (tertiary/aromatic N) is 4. The molecular formula is C25H27FN6O. The summed E-state index contributed by atoms with van der Waals surface area (Å²) in [5.41, 5.74) is 4.66. The fraction of sp³-hybridized carbons (Fsp3) is 0.240. The van der Waals surface area contributed by atoms with Gasteiger partial charge in [0.05, 0.1) is 17.9 Å². The van der Waals surface area contributed by atoms with Gasteiger partial charge in [0, 0.05) is 31.3 Å². The third kappa shape index (κ3) is 6.06. The Hall–Kier alpha value is -3.94. The van der Waals surface area contributed by atoms with E-state index in [9.17, 15) is 4.39 Å². The number of halogens is 1. The van der Waals surface area contributed by atoms with Crippen molar-refractivity contribution >= 4 is 5.96 Å². The fourth-order valence-corrected chi connectivity index (χ4v) is 3.25. The van der Waals surface area contributed by atoms with Gasteiger partial charge in [-0.05, 0) is 56.3 Å². The average molecular weight is 447 g/mol. The summed E-state index contributed by atoms with van der Waals surface area (Å²) in [4.78, 5) is 9.15. The fourth-order valence-electron chi connectivity index (χ4n) is 3.25. The van der Waals surface area contributed by atoms with Crippen molar-refractivity contribution in [1.29, 1.82) is 0 Å². The number of nitrogens with one attached hydrogen (secondary N) is 2. The molecule has 8 heteroatoms. The molecule has 0 saturated heterocycles. The molecule has 0 fully saturated rings. The van der Waals surface area contributed by atoms with Crippen molar-refractivity contribution in [3.63, 3.8) is 0 Å². The van der Waals surface area contributed by atoms with Crippen molar-refractivity contribution in [2.45, 2.75) is 26.8 Å². The summed E-state index contributed by atoms with van der Waals surface area (Å²) in [5.74, 6) is 1.04. The molecule has 4 aromatic rings. The Morgan fingerprint density at radius 1 is 1.03 bits per heavy atom. The molecule has 0 bridgehead atoms. The van der Waals surface area contributed by atoms with Gasteiger partial charge in [0.25, 0.3) is 0 Å². The molecule has 0 aliphatic heterocycles. The highest BCUT2D eigenvalue weighted by Crippen LogP contribution is 2.19. The lowest BCUT2D eigenvalue weighted by Crippen LogP contribution is -2.38. The molecular weight excluding hydrogens is 419 g/mol. The maximum atomic E-state index is 13.1. The van der Waals surface area contributed by atoms with Crippen LogP contribution < -0.4 is 10.6 Å². The second kappa shape index (κ2) is 10.6. The Morgan fingerprint density at radius 2 is 1.82 bits per heavy atom. The van der Waals surface area contributed by atoms with E-state index in [0.29, 0.717) is 24.9 Å². The van der Waals surface area contributed by atoms with Crippen LogP contribution in [0.5, 0.6) is 0 Å². The number of oxazole rings is 1. The Labute approximate surface area is 192 Å². The van der Waals surface area contributed by atoms with Crippen LogP contribution in [0.25, 0.3) is 17.1 Å². The quantitative estimate of drug-likeness (QED) is 0.312. The van der Waals surface area contributed by atoms with Gasteiger partial charge in [-0.3, -0.25) is 0 Å². The Balaban J connectivity index is 1.32. The van der Waals surface area contributed by atoms with Gasteiger partial charge in [0.15, 0.2) is 5.96 Å². The highest BCUT2D eigenvalue weighted by atomic mass is 19.1. The van der Waals surface area contributed by atoms with Gasteiger partial charge in [-0.25, -0.2) is 19.0 Å². The number of aryl methyl sites for hydroxylation is 1. The summed E-state index contributed by atoms with van der Waals surface area (Å²) < 4.78 is 20.5. The number of guanidine groups is 1. The van der Waals surface area contributed by atoms with Crippen LogP contribution in [0.3, 0.4) is 0 Å². The number of rotatable bonds is 8. The monoisotopic (exact) mass is 446 g/mol. The Kier molecular flexibility index (Phi) is 7.14. The maximum absolute atomic E-state index is 13.1. The van der Waals surface area contributed by atoms with Crippen molar-refractivity contribution in [2.75, 3.05) is 13.1 Å². The molecule has 170 valence electrons. The van der Waals surface area contributed by atoms with Crippen LogP contribution in [0.1, 0.15) is 23.9 Å². The molecule has 0 amide bonds. The van der Waals surface area contributed by atoms with Gasteiger partial charge in [-0.15, -0.1) is 0 Å². The average Bonchev–Trinajstić information content (AvgIpc) is 3.49. The van der Waals surface area contributed by atoms with Crippen LogP contribution in [0, 0.1) is 12.7 Å². The van der Waals surface area contributed by atoms with Crippen LogP contribution in [-0.2, 0) is 13.0 Å². The van der Waals surface area contributed by atoms with Gasteiger partial charge < -0.3 is 15.1 Å². The molecule has 0 aliphatic rings. The number of aromatic nitrogens is 3. The molecule has 0 saturated carbocycles. The van der Waals surface area contributed by atoms with E-state index >= 15 is 0 Å². The summed E-state index contributed by atoms with van der Waals surface area (Å²) in [7, 11) is 0. The molecule has 0 aliphatic carbocycles. The van der Waals surface area contributed by atoms with E-state index in [4.69, 9.17) is 4.42 Å². The van der Waals surface area contributed by atoms with E-state index in [1.54, 1.807) is 23.1 Å². The van der Waals surface area contributed by atoms with Crippen LogP contribution in [0.2, 0.25) is 0 Å². The third-order valence-electron chi connectivity index (χ3n) is 5.00. The zero-order chi connectivity index (χ0) is 23.0. The Morgan fingerprint density at radius 3 is 2.58 bits per heavy atom. The van der Waals surface area contributed by atoms with E-state index < -0.39 is 0 Å². The van der Waals surface area contributed by atoms with Crippen molar-refractivity contribution in [1.82, 2.24) is 25.4 Å². The zero-order valence-corrected chi connectivity index (χ0v) is 18.8. The minimum atomic E-state index is -0.262. The van der Waals surface area contributed by atoms with E-state index in [2.05, 4.69) is 25.7 Å². The first-order valence-corrected chi connectivity index (χ1v) is 10.9. The topological polar surface area (TPSA) is 80.3 Å². The van der Waals surface area contributed by atoms with Crippen LogP contribution in [-0.4, -0.2) is 33.8 Å². The standard InChI is InChI=1S/C25H27FN6O/c1-3-27-25(29-16-22-17-33-24(30-22)19-6-4-18(2)5-7-19)28-14-12-21-13-15-32(31-21)23-10-8-20(26)9-11-23/h4-11,13,15,17H,3,12,14,16H2,1-2H3,(H2,27,28,29). The van der Waals surface area contributed by atoms with Gasteiger partial charge >= 0.3 is 0 Å². The first-order chi connectivity index (χ1) is 16.1. The number of aliphatic imine (C=N–C) groups is 1. The van der Waals surface area contributed by atoms with E-state index in [-0.39, 0.29) is 5.82 Å². The predicted octanol–water partition coefficient (Wildman–Crippen LogP) is 4.27. The summed E-state index contributed by atoms with van der Waals surface area (Å²) in [5, 5.41) is 11.1. The summed E-state index contributed by atoms with van der Waals surface area (Å²) in [6.45, 7) is 5.89.